The van der Waals surface area contributed by atoms with Crippen molar-refractivity contribution in [3.8, 4) is 11.1 Å². The number of benzene rings is 1. The molecule has 1 aromatic heterocycles. The van der Waals surface area contributed by atoms with E-state index in [1.165, 1.54) is 14.2 Å². The van der Waals surface area contributed by atoms with Crippen LogP contribution >= 0.6 is 11.6 Å². The first-order valence-corrected chi connectivity index (χ1v) is 6.82. The minimum absolute atomic E-state index is 0.274. The van der Waals surface area contributed by atoms with Crippen LogP contribution in [-0.2, 0) is 19.1 Å². The Labute approximate surface area is 132 Å². The molecular formula is C16H14ClNO4. The lowest BCUT2D eigenvalue weighted by Crippen LogP contribution is -2.25. The molecule has 0 unspecified atom stereocenters. The zero-order valence-corrected chi connectivity index (χ0v) is 12.8. The van der Waals surface area contributed by atoms with Crippen LogP contribution in [-0.4, -0.2) is 31.1 Å². The molecule has 0 fully saturated rings. The highest BCUT2D eigenvalue weighted by atomic mass is 35.5. The Bertz CT molecular complexity index is 652. The molecule has 114 valence electrons. The van der Waals surface area contributed by atoms with Crippen molar-refractivity contribution in [2.75, 3.05) is 14.2 Å². The first kappa shape index (κ1) is 16.0. The SMILES string of the molecule is COC(=O)C(C(=O)OC)c1ccc(-c2ccc(Cl)cc2)cn1. The molecule has 0 aliphatic carbocycles. The normalized spacial score (nSPS) is 10.4. The summed E-state index contributed by atoms with van der Waals surface area (Å²) in [6, 6.07) is 10.6. The van der Waals surface area contributed by atoms with Crippen molar-refractivity contribution < 1.29 is 19.1 Å². The Kier molecular flexibility index (Phi) is 5.12. The summed E-state index contributed by atoms with van der Waals surface area (Å²) in [5.74, 6) is -2.61. The number of carbonyl (C=O) groups excluding carboxylic acids is 2. The van der Waals surface area contributed by atoms with E-state index in [1.807, 2.05) is 12.1 Å². The maximum absolute atomic E-state index is 11.7. The minimum atomic E-state index is -1.19. The average Bonchev–Trinajstić information content (AvgIpc) is 2.56. The van der Waals surface area contributed by atoms with Gasteiger partial charge in [-0.2, -0.15) is 0 Å². The van der Waals surface area contributed by atoms with Gasteiger partial charge < -0.3 is 9.47 Å². The lowest BCUT2D eigenvalue weighted by molar-refractivity contribution is -0.154. The molecular weight excluding hydrogens is 306 g/mol. The van der Waals surface area contributed by atoms with E-state index in [0.717, 1.165) is 11.1 Å². The highest BCUT2D eigenvalue weighted by Gasteiger charge is 2.31. The summed E-state index contributed by atoms with van der Waals surface area (Å²) in [6.45, 7) is 0. The molecule has 2 aromatic rings. The van der Waals surface area contributed by atoms with Crippen molar-refractivity contribution in [1.82, 2.24) is 4.98 Å². The van der Waals surface area contributed by atoms with Crippen LogP contribution in [0.25, 0.3) is 11.1 Å². The van der Waals surface area contributed by atoms with Crippen LogP contribution in [0.3, 0.4) is 0 Å². The highest BCUT2D eigenvalue weighted by Crippen LogP contribution is 2.23. The molecule has 0 radical (unpaired) electrons. The van der Waals surface area contributed by atoms with Crippen molar-refractivity contribution >= 4 is 23.5 Å². The number of aromatic nitrogens is 1. The third-order valence-corrected chi connectivity index (χ3v) is 3.39. The number of halogens is 1. The van der Waals surface area contributed by atoms with Gasteiger partial charge in [-0.05, 0) is 23.8 Å². The predicted molar refractivity (Wildman–Crippen MR) is 81.5 cm³/mol. The molecule has 0 saturated carbocycles. The van der Waals surface area contributed by atoms with Gasteiger partial charge in [0.15, 0.2) is 5.92 Å². The van der Waals surface area contributed by atoms with E-state index in [4.69, 9.17) is 11.6 Å². The lowest BCUT2D eigenvalue weighted by Gasteiger charge is -2.12. The quantitative estimate of drug-likeness (QED) is 0.640. The highest BCUT2D eigenvalue weighted by molar-refractivity contribution is 6.30. The van der Waals surface area contributed by atoms with E-state index in [0.29, 0.717) is 5.02 Å². The summed E-state index contributed by atoms with van der Waals surface area (Å²) >= 11 is 5.85. The van der Waals surface area contributed by atoms with E-state index in [1.54, 1.807) is 30.5 Å². The van der Waals surface area contributed by atoms with Gasteiger partial charge in [0, 0.05) is 16.8 Å². The van der Waals surface area contributed by atoms with Crippen LogP contribution in [0, 0.1) is 0 Å². The second-order valence-corrected chi connectivity index (χ2v) is 4.89. The van der Waals surface area contributed by atoms with E-state index in [-0.39, 0.29) is 5.69 Å². The molecule has 5 nitrogen and oxygen atoms in total. The largest absolute Gasteiger partial charge is 0.468 e. The lowest BCUT2D eigenvalue weighted by atomic mass is 10.0. The number of hydrogen-bond donors (Lipinski definition) is 0. The Hall–Kier alpha value is -2.40. The van der Waals surface area contributed by atoms with Gasteiger partial charge in [-0.3, -0.25) is 14.6 Å². The van der Waals surface area contributed by atoms with Gasteiger partial charge in [0.2, 0.25) is 0 Å². The number of pyridine rings is 1. The number of methoxy groups -OCH3 is 2. The van der Waals surface area contributed by atoms with Gasteiger partial charge in [-0.15, -0.1) is 0 Å². The van der Waals surface area contributed by atoms with Crippen molar-refractivity contribution in [2.45, 2.75) is 5.92 Å². The second-order valence-electron chi connectivity index (χ2n) is 4.46. The third kappa shape index (κ3) is 3.43. The summed E-state index contributed by atoms with van der Waals surface area (Å²) in [5.41, 5.74) is 2.04. The third-order valence-electron chi connectivity index (χ3n) is 3.13. The van der Waals surface area contributed by atoms with Gasteiger partial charge >= 0.3 is 11.9 Å². The topological polar surface area (TPSA) is 65.5 Å². The zero-order chi connectivity index (χ0) is 16.1. The van der Waals surface area contributed by atoms with Gasteiger partial charge in [0.25, 0.3) is 0 Å². The number of rotatable bonds is 4. The maximum Gasteiger partial charge on any atom is 0.326 e. The number of esters is 2. The molecule has 0 aliphatic rings. The van der Waals surface area contributed by atoms with Crippen molar-refractivity contribution in [3.63, 3.8) is 0 Å². The Morgan fingerprint density at radius 1 is 0.955 bits per heavy atom. The molecule has 0 aliphatic heterocycles. The summed E-state index contributed by atoms with van der Waals surface area (Å²) < 4.78 is 9.25. The van der Waals surface area contributed by atoms with Crippen molar-refractivity contribution in [2.24, 2.45) is 0 Å². The first-order valence-electron chi connectivity index (χ1n) is 6.44. The predicted octanol–water partition coefficient (Wildman–Crippen LogP) is 2.83. The van der Waals surface area contributed by atoms with Crippen molar-refractivity contribution in [1.29, 1.82) is 0 Å². The fourth-order valence-electron chi connectivity index (χ4n) is 1.96. The molecule has 0 saturated heterocycles. The zero-order valence-electron chi connectivity index (χ0n) is 12.1. The van der Waals surface area contributed by atoms with E-state index in [2.05, 4.69) is 14.5 Å². The van der Waals surface area contributed by atoms with Gasteiger partial charge in [0.1, 0.15) is 0 Å². The summed E-state index contributed by atoms with van der Waals surface area (Å²) in [7, 11) is 2.42. The molecule has 0 bridgehead atoms. The smallest absolute Gasteiger partial charge is 0.326 e. The minimum Gasteiger partial charge on any atom is -0.468 e. The fourth-order valence-corrected chi connectivity index (χ4v) is 2.09. The Balaban J connectivity index is 2.31. The molecule has 0 N–H and O–H groups in total. The van der Waals surface area contributed by atoms with Crippen molar-refractivity contribution in [3.05, 3.63) is 53.3 Å². The van der Waals surface area contributed by atoms with Crippen LogP contribution in [0.2, 0.25) is 5.02 Å². The Morgan fingerprint density at radius 2 is 1.50 bits per heavy atom. The van der Waals surface area contributed by atoms with Crippen LogP contribution in [0.1, 0.15) is 11.6 Å². The molecule has 1 aromatic carbocycles. The van der Waals surface area contributed by atoms with Crippen LogP contribution < -0.4 is 0 Å². The standard InChI is InChI=1S/C16H14ClNO4/c1-21-15(19)14(16(20)22-2)13-8-5-11(9-18-13)10-3-6-12(17)7-4-10/h3-9,14H,1-2H3. The van der Waals surface area contributed by atoms with Crippen LogP contribution in [0.5, 0.6) is 0 Å². The van der Waals surface area contributed by atoms with Crippen LogP contribution in [0.15, 0.2) is 42.6 Å². The molecule has 0 atom stereocenters. The molecule has 6 heteroatoms. The van der Waals surface area contributed by atoms with Gasteiger partial charge in [0.05, 0.1) is 19.9 Å². The maximum atomic E-state index is 11.7. The molecule has 22 heavy (non-hydrogen) atoms. The molecule has 2 rings (SSSR count). The first-order chi connectivity index (χ1) is 10.6. The fraction of sp³-hybridized carbons (Fsp3) is 0.188. The number of nitrogens with zero attached hydrogens (tertiary/aromatic N) is 1. The second kappa shape index (κ2) is 7.04. The Morgan fingerprint density at radius 3 is 1.95 bits per heavy atom. The van der Waals surface area contributed by atoms with E-state index in [9.17, 15) is 9.59 Å². The summed E-state index contributed by atoms with van der Waals surface area (Å²) in [6.07, 6.45) is 1.58. The summed E-state index contributed by atoms with van der Waals surface area (Å²) in [5, 5.41) is 0.643. The van der Waals surface area contributed by atoms with Gasteiger partial charge in [-0.1, -0.05) is 29.8 Å². The summed E-state index contributed by atoms with van der Waals surface area (Å²) in [4.78, 5) is 27.6. The molecule has 1 heterocycles. The molecule has 0 spiro atoms. The monoisotopic (exact) mass is 319 g/mol. The number of carbonyl (C=O) groups is 2. The molecule has 0 amide bonds. The number of ether oxygens (including phenoxy) is 2. The van der Waals surface area contributed by atoms with Crippen LogP contribution in [0.4, 0.5) is 0 Å². The number of hydrogen-bond acceptors (Lipinski definition) is 5. The van der Waals surface area contributed by atoms with E-state index >= 15 is 0 Å². The van der Waals surface area contributed by atoms with E-state index < -0.39 is 17.9 Å². The average molecular weight is 320 g/mol. The van der Waals surface area contributed by atoms with Gasteiger partial charge in [-0.25, -0.2) is 0 Å².